The highest BCUT2D eigenvalue weighted by Gasteiger charge is 2.20. The van der Waals surface area contributed by atoms with E-state index in [1.54, 1.807) is 25.3 Å². The molecule has 1 aromatic heterocycles. The van der Waals surface area contributed by atoms with E-state index in [9.17, 15) is 18.0 Å². The summed E-state index contributed by atoms with van der Waals surface area (Å²) in [6.07, 6.45) is 0.518. The van der Waals surface area contributed by atoms with Crippen LogP contribution in [0.2, 0.25) is 0 Å². The first-order valence-corrected chi connectivity index (χ1v) is 11.4. The summed E-state index contributed by atoms with van der Waals surface area (Å²) in [5, 5.41) is 0. The van der Waals surface area contributed by atoms with Gasteiger partial charge in [0.15, 0.2) is 16.4 Å². The maximum absolute atomic E-state index is 12.5. The number of esters is 1. The zero-order chi connectivity index (χ0) is 22.3. The van der Waals surface area contributed by atoms with E-state index in [-0.39, 0.29) is 22.9 Å². The number of sulfone groups is 1. The minimum absolute atomic E-state index is 0.165. The average Bonchev–Trinajstić information content (AvgIpc) is 2.99. The largest absolute Gasteiger partial charge is 0.457 e. The summed E-state index contributed by atoms with van der Waals surface area (Å²) in [6, 6.07) is 8.22. The molecule has 8 heteroatoms. The van der Waals surface area contributed by atoms with Gasteiger partial charge in [0.2, 0.25) is 5.78 Å². The first kappa shape index (κ1) is 23.8. The van der Waals surface area contributed by atoms with Gasteiger partial charge in [-0.1, -0.05) is 17.7 Å². The van der Waals surface area contributed by atoms with Crippen LogP contribution in [0.1, 0.15) is 40.2 Å². The number of carbonyl (C=O) groups is 2. The molecule has 0 aliphatic heterocycles. The molecule has 0 unspecified atom stereocenters. The van der Waals surface area contributed by atoms with Gasteiger partial charge in [-0.25, -0.2) is 8.42 Å². The van der Waals surface area contributed by atoms with Crippen molar-refractivity contribution in [3.8, 4) is 0 Å². The SMILES string of the molecule is COCCCn1c(C)cc(C(=O)COC(=O)CCS(=O)(=O)c2ccc(C)cc2)c1C. The third-order valence-electron chi connectivity index (χ3n) is 4.92. The molecule has 2 aromatic rings. The Hall–Kier alpha value is -2.45. The molecule has 0 radical (unpaired) electrons. The smallest absolute Gasteiger partial charge is 0.307 e. The fourth-order valence-corrected chi connectivity index (χ4v) is 4.39. The first-order valence-electron chi connectivity index (χ1n) is 9.79. The van der Waals surface area contributed by atoms with Crippen molar-refractivity contribution in [2.24, 2.45) is 0 Å². The average molecular weight is 436 g/mol. The minimum atomic E-state index is -3.58. The van der Waals surface area contributed by atoms with Crippen LogP contribution in [0.15, 0.2) is 35.2 Å². The van der Waals surface area contributed by atoms with Crippen LogP contribution in [0, 0.1) is 20.8 Å². The fraction of sp³-hybridized carbons (Fsp3) is 0.455. The number of ether oxygens (including phenoxy) is 2. The summed E-state index contributed by atoms with van der Waals surface area (Å²) in [6.45, 7) is 6.58. The molecule has 0 aliphatic rings. The Morgan fingerprint density at radius 1 is 1.07 bits per heavy atom. The molecule has 0 N–H and O–H groups in total. The van der Waals surface area contributed by atoms with Gasteiger partial charge in [0, 0.05) is 37.2 Å². The second-order valence-corrected chi connectivity index (χ2v) is 9.36. The van der Waals surface area contributed by atoms with Gasteiger partial charge >= 0.3 is 5.97 Å². The molecular formula is C22H29NO6S. The zero-order valence-electron chi connectivity index (χ0n) is 17.9. The Bertz CT molecular complexity index is 989. The summed E-state index contributed by atoms with van der Waals surface area (Å²) >= 11 is 0. The van der Waals surface area contributed by atoms with E-state index in [1.807, 2.05) is 25.3 Å². The standard InChI is InChI=1S/C22H29NO6S/c1-16-6-8-19(9-7-16)30(26,27)13-10-22(25)29-15-21(24)20-14-17(2)23(18(20)3)11-5-12-28-4/h6-9,14H,5,10-13,15H2,1-4H3. The molecule has 0 fully saturated rings. The lowest BCUT2D eigenvalue weighted by Gasteiger charge is -2.09. The van der Waals surface area contributed by atoms with E-state index >= 15 is 0 Å². The predicted octanol–water partition coefficient (Wildman–Crippen LogP) is 3.04. The van der Waals surface area contributed by atoms with Crippen molar-refractivity contribution < 1.29 is 27.5 Å². The molecule has 7 nitrogen and oxygen atoms in total. The van der Waals surface area contributed by atoms with Crippen LogP contribution in [-0.2, 0) is 30.7 Å². The van der Waals surface area contributed by atoms with Gasteiger partial charge in [0.1, 0.15) is 0 Å². The monoisotopic (exact) mass is 435 g/mol. The van der Waals surface area contributed by atoms with Crippen LogP contribution in [0.4, 0.5) is 0 Å². The molecule has 0 atom stereocenters. The summed E-state index contributed by atoms with van der Waals surface area (Å²) in [5.74, 6) is -1.39. The summed E-state index contributed by atoms with van der Waals surface area (Å²) in [5.41, 5.74) is 3.21. The van der Waals surface area contributed by atoms with E-state index in [0.717, 1.165) is 29.9 Å². The molecular weight excluding hydrogens is 406 g/mol. The van der Waals surface area contributed by atoms with E-state index in [4.69, 9.17) is 9.47 Å². The van der Waals surface area contributed by atoms with Crippen LogP contribution >= 0.6 is 0 Å². The minimum Gasteiger partial charge on any atom is -0.457 e. The van der Waals surface area contributed by atoms with E-state index < -0.39 is 22.4 Å². The summed E-state index contributed by atoms with van der Waals surface area (Å²) in [7, 11) is -1.94. The molecule has 2 rings (SSSR count). The number of hydrogen-bond acceptors (Lipinski definition) is 6. The van der Waals surface area contributed by atoms with Gasteiger partial charge in [0.25, 0.3) is 0 Å². The molecule has 164 valence electrons. The van der Waals surface area contributed by atoms with Crippen molar-refractivity contribution >= 4 is 21.6 Å². The number of hydrogen-bond donors (Lipinski definition) is 0. The van der Waals surface area contributed by atoms with Gasteiger partial charge in [-0.05, 0) is 45.4 Å². The van der Waals surface area contributed by atoms with Crippen LogP contribution in [0.3, 0.4) is 0 Å². The number of rotatable bonds is 11. The van der Waals surface area contributed by atoms with Gasteiger partial charge < -0.3 is 14.0 Å². The summed E-state index contributed by atoms with van der Waals surface area (Å²) in [4.78, 5) is 24.6. The van der Waals surface area contributed by atoms with Crippen LogP contribution in [0.5, 0.6) is 0 Å². The molecule has 1 heterocycles. The Labute approximate surface area is 177 Å². The maximum Gasteiger partial charge on any atom is 0.307 e. The van der Waals surface area contributed by atoms with Crippen molar-refractivity contribution in [3.05, 3.63) is 52.8 Å². The number of Topliss-reactive ketones (excluding diaryl/α,β-unsaturated/α-hetero) is 1. The number of aromatic nitrogens is 1. The lowest BCUT2D eigenvalue weighted by Crippen LogP contribution is -2.18. The Kier molecular flexibility index (Phi) is 8.37. The molecule has 0 amide bonds. The highest BCUT2D eigenvalue weighted by molar-refractivity contribution is 7.91. The number of carbonyl (C=O) groups excluding carboxylic acids is 2. The highest BCUT2D eigenvalue weighted by Crippen LogP contribution is 2.17. The quantitative estimate of drug-likeness (QED) is 0.306. The Balaban J connectivity index is 1.89. The molecule has 0 bridgehead atoms. The van der Waals surface area contributed by atoms with Crippen molar-refractivity contribution in [1.29, 1.82) is 0 Å². The Morgan fingerprint density at radius 3 is 2.37 bits per heavy atom. The molecule has 0 saturated carbocycles. The highest BCUT2D eigenvalue weighted by atomic mass is 32.2. The number of nitrogens with zero attached hydrogens (tertiary/aromatic N) is 1. The molecule has 1 aromatic carbocycles. The number of ketones is 1. The van der Waals surface area contributed by atoms with Gasteiger partial charge in [0.05, 0.1) is 17.1 Å². The third kappa shape index (κ3) is 6.27. The molecule has 30 heavy (non-hydrogen) atoms. The van der Waals surface area contributed by atoms with E-state index in [2.05, 4.69) is 0 Å². The van der Waals surface area contributed by atoms with Crippen LogP contribution in [0.25, 0.3) is 0 Å². The van der Waals surface area contributed by atoms with Crippen molar-refractivity contribution in [2.45, 2.75) is 45.1 Å². The number of aryl methyl sites for hydroxylation is 2. The third-order valence-corrected chi connectivity index (χ3v) is 6.66. The van der Waals surface area contributed by atoms with Gasteiger partial charge in [-0.3, -0.25) is 9.59 Å². The maximum atomic E-state index is 12.5. The van der Waals surface area contributed by atoms with Crippen LogP contribution < -0.4 is 0 Å². The molecule has 0 spiro atoms. The van der Waals surface area contributed by atoms with Gasteiger partial charge in [-0.15, -0.1) is 0 Å². The number of methoxy groups -OCH3 is 1. The van der Waals surface area contributed by atoms with E-state index in [0.29, 0.717) is 12.2 Å². The lowest BCUT2D eigenvalue weighted by atomic mass is 10.1. The van der Waals surface area contributed by atoms with Crippen molar-refractivity contribution in [2.75, 3.05) is 26.1 Å². The topological polar surface area (TPSA) is 91.7 Å². The lowest BCUT2D eigenvalue weighted by molar-refractivity contribution is -0.142. The molecule has 0 aliphatic carbocycles. The van der Waals surface area contributed by atoms with Crippen LogP contribution in [-0.4, -0.2) is 50.8 Å². The van der Waals surface area contributed by atoms with Gasteiger partial charge in [-0.2, -0.15) is 0 Å². The zero-order valence-corrected chi connectivity index (χ0v) is 18.8. The van der Waals surface area contributed by atoms with Crippen molar-refractivity contribution in [1.82, 2.24) is 4.57 Å². The summed E-state index contributed by atoms with van der Waals surface area (Å²) < 4.78 is 36.7. The van der Waals surface area contributed by atoms with E-state index in [1.165, 1.54) is 12.1 Å². The molecule has 0 saturated heterocycles. The normalized spacial score (nSPS) is 11.5. The van der Waals surface area contributed by atoms with Crippen molar-refractivity contribution in [3.63, 3.8) is 0 Å². The second kappa shape index (κ2) is 10.5. The predicted molar refractivity (Wildman–Crippen MR) is 114 cm³/mol. The Morgan fingerprint density at radius 2 is 1.73 bits per heavy atom. The second-order valence-electron chi connectivity index (χ2n) is 7.25. The number of benzene rings is 1. The fourth-order valence-electron chi connectivity index (χ4n) is 3.17. The first-order chi connectivity index (χ1) is 14.2.